The number of benzene rings is 1. The van der Waals surface area contributed by atoms with Crippen molar-refractivity contribution in [2.45, 2.75) is 38.1 Å². The first-order valence-corrected chi connectivity index (χ1v) is 7.92. The molecule has 104 valence electrons. The van der Waals surface area contributed by atoms with Gasteiger partial charge >= 0.3 is 0 Å². The van der Waals surface area contributed by atoms with Gasteiger partial charge in [0.25, 0.3) is 0 Å². The molecule has 0 aliphatic carbocycles. The van der Waals surface area contributed by atoms with Crippen LogP contribution in [0.4, 0.5) is 0 Å². The number of amides is 1. The van der Waals surface area contributed by atoms with Crippen molar-refractivity contribution in [1.82, 2.24) is 5.32 Å². The van der Waals surface area contributed by atoms with E-state index < -0.39 is 0 Å². The molecule has 2 atom stereocenters. The Bertz CT molecular complexity index is 436. The lowest BCUT2D eigenvalue weighted by Gasteiger charge is -2.26. The normalized spacial score (nSPS) is 19.2. The second-order valence-electron chi connectivity index (χ2n) is 4.97. The summed E-state index contributed by atoms with van der Waals surface area (Å²) in [5.74, 6) is 0.899. The zero-order chi connectivity index (χ0) is 13.7. The van der Waals surface area contributed by atoms with Gasteiger partial charge < -0.3 is 10.1 Å². The second kappa shape index (κ2) is 6.94. The SMILES string of the molecule is CC(CCCBr)NC(=O)C1CCOc2ccccc21. The molecule has 1 heterocycles. The van der Waals surface area contributed by atoms with E-state index in [-0.39, 0.29) is 17.9 Å². The molecular formula is C15H20BrNO2. The number of carbonyl (C=O) groups excluding carboxylic acids is 1. The maximum atomic E-state index is 12.4. The zero-order valence-electron chi connectivity index (χ0n) is 11.2. The number of para-hydroxylation sites is 1. The smallest absolute Gasteiger partial charge is 0.228 e. The van der Waals surface area contributed by atoms with E-state index in [0.717, 1.165) is 35.9 Å². The largest absolute Gasteiger partial charge is 0.493 e. The fraction of sp³-hybridized carbons (Fsp3) is 0.533. The molecule has 0 saturated carbocycles. The highest BCUT2D eigenvalue weighted by Crippen LogP contribution is 2.33. The third kappa shape index (κ3) is 3.72. The van der Waals surface area contributed by atoms with Crippen molar-refractivity contribution in [3.8, 4) is 5.75 Å². The molecule has 3 nitrogen and oxygen atoms in total. The van der Waals surface area contributed by atoms with Crippen molar-refractivity contribution in [1.29, 1.82) is 0 Å². The molecule has 2 unspecified atom stereocenters. The van der Waals surface area contributed by atoms with Gasteiger partial charge in [-0.25, -0.2) is 0 Å². The van der Waals surface area contributed by atoms with Gasteiger partial charge in [-0.15, -0.1) is 0 Å². The Labute approximate surface area is 122 Å². The average Bonchev–Trinajstić information content (AvgIpc) is 2.44. The summed E-state index contributed by atoms with van der Waals surface area (Å²) in [4.78, 5) is 12.4. The topological polar surface area (TPSA) is 38.3 Å². The van der Waals surface area contributed by atoms with Gasteiger partial charge in [-0.05, 0) is 32.3 Å². The van der Waals surface area contributed by atoms with Crippen LogP contribution in [0.1, 0.15) is 37.7 Å². The molecule has 0 bridgehead atoms. The van der Waals surface area contributed by atoms with Gasteiger partial charge in [0.05, 0.1) is 12.5 Å². The van der Waals surface area contributed by atoms with E-state index in [4.69, 9.17) is 4.74 Å². The number of nitrogens with one attached hydrogen (secondary N) is 1. The van der Waals surface area contributed by atoms with Crippen LogP contribution in [0.25, 0.3) is 0 Å². The fourth-order valence-corrected chi connectivity index (χ4v) is 2.74. The first-order chi connectivity index (χ1) is 9.22. The first-order valence-electron chi connectivity index (χ1n) is 6.80. The number of ether oxygens (including phenoxy) is 1. The Morgan fingerprint density at radius 1 is 1.53 bits per heavy atom. The average molecular weight is 326 g/mol. The summed E-state index contributed by atoms with van der Waals surface area (Å²) in [6.07, 6.45) is 2.83. The highest BCUT2D eigenvalue weighted by Gasteiger charge is 2.27. The van der Waals surface area contributed by atoms with Crippen molar-refractivity contribution in [3.63, 3.8) is 0 Å². The van der Waals surface area contributed by atoms with Gasteiger partial charge in [0, 0.05) is 16.9 Å². The number of rotatable bonds is 5. The molecule has 0 aromatic heterocycles. The minimum Gasteiger partial charge on any atom is -0.493 e. The Kier molecular flexibility index (Phi) is 5.25. The van der Waals surface area contributed by atoms with E-state index in [0.29, 0.717) is 6.61 Å². The van der Waals surface area contributed by atoms with Crippen LogP contribution in [0.5, 0.6) is 5.75 Å². The van der Waals surface area contributed by atoms with Crippen LogP contribution in [0.2, 0.25) is 0 Å². The lowest BCUT2D eigenvalue weighted by Crippen LogP contribution is -2.38. The minimum atomic E-state index is -0.0728. The molecule has 0 radical (unpaired) electrons. The second-order valence-corrected chi connectivity index (χ2v) is 5.76. The molecule has 0 fully saturated rings. The van der Waals surface area contributed by atoms with Gasteiger partial charge in [-0.2, -0.15) is 0 Å². The molecule has 1 aliphatic rings. The molecule has 19 heavy (non-hydrogen) atoms. The summed E-state index contributed by atoms with van der Waals surface area (Å²) in [5.41, 5.74) is 1.01. The van der Waals surface area contributed by atoms with Crippen molar-refractivity contribution >= 4 is 21.8 Å². The van der Waals surface area contributed by atoms with Crippen LogP contribution in [-0.4, -0.2) is 23.9 Å². The van der Waals surface area contributed by atoms with Gasteiger partial charge in [0.1, 0.15) is 5.75 Å². The summed E-state index contributed by atoms with van der Waals surface area (Å²) in [5, 5.41) is 4.09. The maximum absolute atomic E-state index is 12.4. The van der Waals surface area contributed by atoms with Crippen LogP contribution >= 0.6 is 15.9 Å². The van der Waals surface area contributed by atoms with Gasteiger partial charge in [-0.3, -0.25) is 4.79 Å². The third-order valence-corrected chi connectivity index (χ3v) is 4.00. The molecule has 0 saturated heterocycles. The molecule has 1 aromatic rings. The number of halogens is 1. The van der Waals surface area contributed by atoms with Crippen LogP contribution in [0.3, 0.4) is 0 Å². The van der Waals surface area contributed by atoms with E-state index in [1.165, 1.54) is 0 Å². The van der Waals surface area contributed by atoms with Gasteiger partial charge in [-0.1, -0.05) is 34.1 Å². The molecule has 1 aliphatic heterocycles. The van der Waals surface area contributed by atoms with E-state index >= 15 is 0 Å². The van der Waals surface area contributed by atoms with Crippen molar-refractivity contribution in [2.75, 3.05) is 11.9 Å². The predicted octanol–water partition coefficient (Wildman–Crippen LogP) is 3.23. The number of hydrogen-bond acceptors (Lipinski definition) is 2. The standard InChI is InChI=1S/C15H20BrNO2/c1-11(5-4-9-16)17-15(18)13-8-10-19-14-7-3-2-6-12(13)14/h2-3,6-7,11,13H,4-5,8-10H2,1H3,(H,17,18). The first kappa shape index (κ1) is 14.4. The molecule has 4 heteroatoms. The molecular weight excluding hydrogens is 306 g/mol. The van der Waals surface area contributed by atoms with Crippen molar-refractivity contribution in [2.24, 2.45) is 0 Å². The van der Waals surface area contributed by atoms with E-state index in [1.807, 2.05) is 24.3 Å². The lowest BCUT2D eigenvalue weighted by atomic mass is 9.92. The molecule has 1 amide bonds. The van der Waals surface area contributed by atoms with Crippen LogP contribution < -0.4 is 10.1 Å². The summed E-state index contributed by atoms with van der Waals surface area (Å²) in [6, 6.07) is 8.05. The highest BCUT2D eigenvalue weighted by molar-refractivity contribution is 9.09. The van der Waals surface area contributed by atoms with Crippen molar-refractivity contribution < 1.29 is 9.53 Å². The van der Waals surface area contributed by atoms with Crippen LogP contribution in [0, 0.1) is 0 Å². The number of hydrogen-bond donors (Lipinski definition) is 1. The Hall–Kier alpha value is -1.03. The predicted molar refractivity (Wildman–Crippen MR) is 79.9 cm³/mol. The minimum absolute atomic E-state index is 0.0728. The van der Waals surface area contributed by atoms with Gasteiger partial charge in [0.2, 0.25) is 5.91 Å². The van der Waals surface area contributed by atoms with E-state index in [9.17, 15) is 4.79 Å². The Balaban J connectivity index is 2.00. The molecule has 2 rings (SSSR count). The number of carbonyl (C=O) groups is 1. The molecule has 1 N–H and O–H groups in total. The Morgan fingerprint density at radius 2 is 2.32 bits per heavy atom. The van der Waals surface area contributed by atoms with Crippen LogP contribution in [-0.2, 0) is 4.79 Å². The highest BCUT2D eigenvalue weighted by atomic mass is 79.9. The quantitative estimate of drug-likeness (QED) is 0.844. The number of alkyl halides is 1. The van der Waals surface area contributed by atoms with Crippen LogP contribution in [0.15, 0.2) is 24.3 Å². The monoisotopic (exact) mass is 325 g/mol. The summed E-state index contributed by atoms with van der Waals surface area (Å²) < 4.78 is 5.59. The van der Waals surface area contributed by atoms with Gasteiger partial charge in [0.15, 0.2) is 0 Å². The lowest BCUT2D eigenvalue weighted by molar-refractivity contribution is -0.123. The zero-order valence-corrected chi connectivity index (χ0v) is 12.8. The fourth-order valence-electron chi connectivity index (χ4n) is 2.41. The van der Waals surface area contributed by atoms with E-state index in [1.54, 1.807) is 0 Å². The maximum Gasteiger partial charge on any atom is 0.228 e. The molecule has 0 spiro atoms. The summed E-state index contributed by atoms with van der Waals surface area (Å²) >= 11 is 3.41. The third-order valence-electron chi connectivity index (χ3n) is 3.43. The summed E-state index contributed by atoms with van der Waals surface area (Å²) in [6.45, 7) is 2.68. The summed E-state index contributed by atoms with van der Waals surface area (Å²) in [7, 11) is 0. The van der Waals surface area contributed by atoms with E-state index in [2.05, 4.69) is 28.2 Å². The molecule has 1 aromatic carbocycles. The Morgan fingerprint density at radius 3 is 3.11 bits per heavy atom. The van der Waals surface area contributed by atoms with Crippen molar-refractivity contribution in [3.05, 3.63) is 29.8 Å². The number of fused-ring (bicyclic) bond motifs is 1.